The molecular weight excluding hydrogens is 514 g/mol. The van der Waals surface area contributed by atoms with Crippen molar-refractivity contribution in [1.82, 2.24) is 10.2 Å². The van der Waals surface area contributed by atoms with E-state index in [-0.39, 0.29) is 23.0 Å². The van der Waals surface area contributed by atoms with E-state index >= 15 is 0 Å². The molecular formula is C30H37N3O5S. The molecule has 0 unspecified atom stereocenters. The fourth-order valence-corrected chi connectivity index (χ4v) is 5.65. The summed E-state index contributed by atoms with van der Waals surface area (Å²) < 4.78 is 34.6. The molecule has 39 heavy (non-hydrogen) atoms. The van der Waals surface area contributed by atoms with Crippen molar-refractivity contribution in [2.45, 2.75) is 45.1 Å². The number of hydrogen-bond donors (Lipinski definition) is 1. The molecule has 1 N–H and O–H groups in total. The molecule has 3 rings (SSSR count). The van der Waals surface area contributed by atoms with E-state index in [0.717, 1.165) is 21.0 Å². The van der Waals surface area contributed by atoms with Gasteiger partial charge in [-0.05, 0) is 69.5 Å². The van der Waals surface area contributed by atoms with Crippen LogP contribution < -0.4 is 14.4 Å². The lowest BCUT2D eigenvalue weighted by molar-refractivity contribution is -0.138. The molecule has 2 amide bonds. The maximum atomic E-state index is 14.0. The topological polar surface area (TPSA) is 96.0 Å². The van der Waals surface area contributed by atoms with Gasteiger partial charge in [0.1, 0.15) is 18.3 Å². The van der Waals surface area contributed by atoms with Crippen LogP contribution in [0.15, 0.2) is 77.7 Å². The lowest BCUT2D eigenvalue weighted by Crippen LogP contribution is -2.52. The van der Waals surface area contributed by atoms with Crippen LogP contribution >= 0.6 is 0 Å². The van der Waals surface area contributed by atoms with Crippen LogP contribution in [0.2, 0.25) is 0 Å². The monoisotopic (exact) mass is 551 g/mol. The number of rotatable bonds is 12. The van der Waals surface area contributed by atoms with Gasteiger partial charge < -0.3 is 15.0 Å². The van der Waals surface area contributed by atoms with Gasteiger partial charge in [-0.25, -0.2) is 8.42 Å². The summed E-state index contributed by atoms with van der Waals surface area (Å²) in [5, 5.41) is 2.77. The molecule has 0 aliphatic carbocycles. The zero-order valence-corrected chi connectivity index (χ0v) is 24.0. The first-order chi connectivity index (χ1) is 18.6. The highest BCUT2D eigenvalue weighted by Gasteiger charge is 2.33. The molecule has 3 aromatic rings. The van der Waals surface area contributed by atoms with Crippen LogP contribution in [0.4, 0.5) is 5.69 Å². The molecule has 3 aromatic carbocycles. The smallest absolute Gasteiger partial charge is 0.264 e. The van der Waals surface area contributed by atoms with Gasteiger partial charge in [0.2, 0.25) is 11.8 Å². The van der Waals surface area contributed by atoms with Crippen molar-refractivity contribution in [1.29, 1.82) is 0 Å². The number of carbonyl (C=O) groups excluding carboxylic acids is 2. The third-order valence-electron chi connectivity index (χ3n) is 6.49. The summed E-state index contributed by atoms with van der Waals surface area (Å²) in [6, 6.07) is 20.5. The lowest BCUT2D eigenvalue weighted by Gasteiger charge is -2.32. The fourth-order valence-electron chi connectivity index (χ4n) is 4.24. The molecule has 0 saturated heterocycles. The number of hydrogen-bond acceptors (Lipinski definition) is 5. The summed E-state index contributed by atoms with van der Waals surface area (Å²) >= 11 is 0. The van der Waals surface area contributed by atoms with Crippen molar-refractivity contribution in [3.05, 3.63) is 89.5 Å². The Morgan fingerprint density at radius 2 is 1.59 bits per heavy atom. The number of sulfonamides is 1. The largest absolute Gasteiger partial charge is 0.495 e. The minimum Gasteiger partial charge on any atom is -0.495 e. The molecule has 0 heterocycles. The van der Waals surface area contributed by atoms with Gasteiger partial charge in [0.05, 0.1) is 17.7 Å². The van der Waals surface area contributed by atoms with Gasteiger partial charge in [0.15, 0.2) is 0 Å². The molecule has 9 heteroatoms. The first kappa shape index (κ1) is 29.7. The molecule has 0 aromatic heterocycles. The Bertz CT molecular complexity index is 1380. The van der Waals surface area contributed by atoms with Crippen LogP contribution in [0.3, 0.4) is 0 Å². The van der Waals surface area contributed by atoms with Gasteiger partial charge in [0, 0.05) is 13.1 Å². The molecule has 0 aliphatic heterocycles. The third-order valence-corrected chi connectivity index (χ3v) is 8.27. The van der Waals surface area contributed by atoms with E-state index in [4.69, 9.17) is 4.74 Å². The predicted molar refractivity (Wildman–Crippen MR) is 153 cm³/mol. The second kappa shape index (κ2) is 13.3. The highest BCUT2D eigenvalue weighted by Crippen LogP contribution is 2.33. The van der Waals surface area contributed by atoms with Gasteiger partial charge >= 0.3 is 0 Å². The SMILES string of the molecule is CCNC(=O)[C@H](C)N(CCc1ccccc1)C(=O)CN(c1cc(C)ccc1OC)S(=O)(=O)c1ccc(C)cc1. The Morgan fingerprint density at radius 3 is 2.21 bits per heavy atom. The zero-order valence-electron chi connectivity index (χ0n) is 23.2. The van der Waals surface area contributed by atoms with Gasteiger partial charge in [-0.15, -0.1) is 0 Å². The van der Waals surface area contributed by atoms with Crippen LogP contribution in [0.5, 0.6) is 5.75 Å². The van der Waals surface area contributed by atoms with Crippen molar-refractivity contribution in [2.75, 3.05) is 31.0 Å². The number of methoxy groups -OCH3 is 1. The Labute approximate surface area is 231 Å². The van der Waals surface area contributed by atoms with E-state index < -0.39 is 28.5 Å². The van der Waals surface area contributed by atoms with E-state index in [1.54, 1.807) is 38.1 Å². The number of ether oxygens (including phenoxy) is 1. The van der Waals surface area contributed by atoms with Crippen LogP contribution in [0.1, 0.15) is 30.5 Å². The van der Waals surface area contributed by atoms with Crippen molar-refractivity contribution in [2.24, 2.45) is 0 Å². The zero-order chi connectivity index (χ0) is 28.6. The summed E-state index contributed by atoms with van der Waals surface area (Å²) in [5.41, 5.74) is 2.97. The van der Waals surface area contributed by atoms with Crippen LogP contribution in [0.25, 0.3) is 0 Å². The van der Waals surface area contributed by atoms with Gasteiger partial charge in [-0.1, -0.05) is 54.1 Å². The van der Waals surface area contributed by atoms with Gasteiger partial charge in [0.25, 0.3) is 10.0 Å². The Kier molecular flexibility index (Phi) is 10.1. The fraction of sp³-hybridized carbons (Fsp3) is 0.333. The molecule has 0 radical (unpaired) electrons. The Hall–Kier alpha value is -3.85. The van der Waals surface area contributed by atoms with Gasteiger partial charge in [-0.2, -0.15) is 0 Å². The molecule has 0 bridgehead atoms. The average molecular weight is 552 g/mol. The maximum absolute atomic E-state index is 14.0. The van der Waals surface area contributed by atoms with Crippen LogP contribution in [0, 0.1) is 13.8 Å². The number of likely N-dealkylation sites (N-methyl/N-ethyl adjacent to an activating group) is 1. The maximum Gasteiger partial charge on any atom is 0.264 e. The number of benzene rings is 3. The van der Waals surface area contributed by atoms with Crippen molar-refractivity contribution in [3.63, 3.8) is 0 Å². The van der Waals surface area contributed by atoms with E-state index in [1.807, 2.05) is 50.2 Å². The van der Waals surface area contributed by atoms with Crippen LogP contribution in [-0.2, 0) is 26.0 Å². The molecule has 0 aliphatic rings. The second-order valence-corrected chi connectivity index (χ2v) is 11.3. The van der Waals surface area contributed by atoms with E-state index in [0.29, 0.717) is 18.7 Å². The summed E-state index contributed by atoms with van der Waals surface area (Å²) in [4.78, 5) is 28.2. The highest BCUT2D eigenvalue weighted by molar-refractivity contribution is 7.92. The number of nitrogens with zero attached hydrogens (tertiary/aromatic N) is 2. The van der Waals surface area contributed by atoms with Gasteiger partial charge in [-0.3, -0.25) is 13.9 Å². The Morgan fingerprint density at radius 1 is 0.949 bits per heavy atom. The third kappa shape index (κ3) is 7.38. The molecule has 0 spiro atoms. The normalized spacial score (nSPS) is 11.9. The first-order valence-corrected chi connectivity index (χ1v) is 14.4. The first-order valence-electron chi connectivity index (χ1n) is 12.9. The molecule has 8 nitrogen and oxygen atoms in total. The predicted octanol–water partition coefficient (Wildman–Crippen LogP) is 4.10. The van der Waals surface area contributed by atoms with E-state index in [9.17, 15) is 18.0 Å². The number of anilines is 1. The molecule has 1 atom stereocenters. The van der Waals surface area contributed by atoms with Crippen molar-refractivity contribution < 1.29 is 22.7 Å². The lowest BCUT2D eigenvalue weighted by atomic mass is 10.1. The summed E-state index contributed by atoms with van der Waals surface area (Å²) in [6.07, 6.45) is 0.509. The highest BCUT2D eigenvalue weighted by atomic mass is 32.2. The molecule has 208 valence electrons. The summed E-state index contributed by atoms with van der Waals surface area (Å²) in [7, 11) is -2.71. The second-order valence-electron chi connectivity index (χ2n) is 9.39. The van der Waals surface area contributed by atoms with E-state index in [2.05, 4.69) is 5.32 Å². The van der Waals surface area contributed by atoms with E-state index in [1.165, 1.54) is 24.1 Å². The summed E-state index contributed by atoms with van der Waals surface area (Å²) in [5.74, 6) is -0.486. The quantitative estimate of drug-likeness (QED) is 0.366. The molecule has 0 fully saturated rings. The number of carbonyl (C=O) groups is 2. The average Bonchev–Trinajstić information content (AvgIpc) is 2.92. The minimum atomic E-state index is -4.17. The molecule has 0 saturated carbocycles. The summed E-state index contributed by atoms with van der Waals surface area (Å²) in [6.45, 7) is 7.32. The van der Waals surface area contributed by atoms with Crippen molar-refractivity contribution >= 4 is 27.5 Å². The minimum absolute atomic E-state index is 0.0528. The number of amides is 2. The number of nitrogens with one attached hydrogen (secondary N) is 1. The number of aryl methyl sites for hydroxylation is 2. The Balaban J connectivity index is 2.05. The van der Waals surface area contributed by atoms with Crippen molar-refractivity contribution in [3.8, 4) is 5.75 Å². The van der Waals surface area contributed by atoms with Crippen LogP contribution in [-0.4, -0.2) is 57.9 Å². The standard InChI is InChI=1S/C30H37N3O5S/c1-6-31-30(35)24(4)32(19-18-25-10-8-7-9-11-25)29(34)21-33(27-20-23(3)14-17-28(27)38-5)39(36,37)26-15-12-22(2)13-16-26/h7-17,20,24H,6,18-19,21H2,1-5H3,(H,31,35)/t24-/m0/s1.